The van der Waals surface area contributed by atoms with Crippen molar-refractivity contribution < 1.29 is 0 Å². The van der Waals surface area contributed by atoms with Gasteiger partial charge in [0.2, 0.25) is 0 Å². The lowest BCUT2D eigenvalue weighted by Gasteiger charge is -1.99. The Kier molecular flexibility index (Phi) is 2.87. The van der Waals surface area contributed by atoms with Crippen LogP contribution in [0, 0.1) is 9.81 Å². The van der Waals surface area contributed by atoms with Gasteiger partial charge >= 0.3 is 0 Å². The SMILES string of the molecule is O=Nc1ccc(NBr)c(N=O)c1. The van der Waals surface area contributed by atoms with Gasteiger partial charge in [0.05, 0.1) is 5.69 Å². The highest BCUT2D eigenvalue weighted by molar-refractivity contribution is 9.10. The number of benzene rings is 1. The first-order valence-corrected chi connectivity index (χ1v) is 3.78. The van der Waals surface area contributed by atoms with E-state index in [0.717, 1.165) is 0 Å². The molecule has 1 aromatic carbocycles. The van der Waals surface area contributed by atoms with Crippen LogP contribution in [-0.2, 0) is 0 Å². The molecule has 0 aliphatic carbocycles. The van der Waals surface area contributed by atoms with E-state index in [1.807, 2.05) is 0 Å². The molecule has 62 valence electrons. The first-order valence-electron chi connectivity index (χ1n) is 2.99. The lowest BCUT2D eigenvalue weighted by molar-refractivity contribution is 1.44. The summed E-state index contributed by atoms with van der Waals surface area (Å²) in [7, 11) is 0. The van der Waals surface area contributed by atoms with Crippen molar-refractivity contribution in [1.82, 2.24) is 0 Å². The predicted octanol–water partition coefficient (Wildman–Crippen LogP) is 3.20. The second-order valence-electron chi connectivity index (χ2n) is 1.98. The fourth-order valence-electron chi connectivity index (χ4n) is 0.732. The Morgan fingerprint density at radius 1 is 1.25 bits per heavy atom. The van der Waals surface area contributed by atoms with Crippen LogP contribution in [-0.4, -0.2) is 0 Å². The number of halogens is 1. The molecule has 5 nitrogen and oxygen atoms in total. The maximum atomic E-state index is 10.2. The zero-order valence-corrected chi connectivity index (χ0v) is 7.41. The van der Waals surface area contributed by atoms with E-state index in [9.17, 15) is 9.81 Å². The maximum absolute atomic E-state index is 10.2. The van der Waals surface area contributed by atoms with Crippen LogP contribution in [0.25, 0.3) is 0 Å². The molecule has 1 aromatic rings. The van der Waals surface area contributed by atoms with E-state index in [0.29, 0.717) is 5.69 Å². The van der Waals surface area contributed by atoms with Crippen LogP contribution in [0.4, 0.5) is 17.1 Å². The Morgan fingerprint density at radius 3 is 2.50 bits per heavy atom. The van der Waals surface area contributed by atoms with Crippen LogP contribution in [0.1, 0.15) is 0 Å². The second-order valence-corrected chi connectivity index (χ2v) is 2.38. The summed E-state index contributed by atoms with van der Waals surface area (Å²) < 4.78 is 2.57. The van der Waals surface area contributed by atoms with Crippen molar-refractivity contribution in [1.29, 1.82) is 0 Å². The van der Waals surface area contributed by atoms with Crippen LogP contribution >= 0.6 is 16.1 Å². The summed E-state index contributed by atoms with van der Waals surface area (Å²) in [5.74, 6) is 0. The normalized spacial score (nSPS) is 9.08. The van der Waals surface area contributed by atoms with Gasteiger partial charge in [0.25, 0.3) is 0 Å². The van der Waals surface area contributed by atoms with Crippen molar-refractivity contribution >= 4 is 33.2 Å². The Bertz CT molecular complexity index is 316. The highest BCUT2D eigenvalue weighted by Crippen LogP contribution is 2.30. The number of nitrogens with one attached hydrogen (secondary N) is 1. The highest BCUT2D eigenvalue weighted by atomic mass is 79.9. The number of hydrogen-bond donors (Lipinski definition) is 1. The molecule has 1 rings (SSSR count). The van der Waals surface area contributed by atoms with Gasteiger partial charge in [-0.15, -0.1) is 9.81 Å². The largest absolute Gasteiger partial charge is 0.320 e. The molecule has 0 fully saturated rings. The Labute approximate surface area is 76.4 Å². The molecular weight excluding hydrogens is 226 g/mol. The second kappa shape index (κ2) is 3.91. The van der Waals surface area contributed by atoms with E-state index in [-0.39, 0.29) is 11.4 Å². The Hall–Kier alpha value is -1.30. The third kappa shape index (κ3) is 1.65. The fourth-order valence-corrected chi connectivity index (χ4v) is 1.07. The average Bonchev–Trinajstić information content (AvgIpc) is 2.16. The monoisotopic (exact) mass is 229 g/mol. The number of rotatable bonds is 3. The van der Waals surface area contributed by atoms with Crippen molar-refractivity contribution in [3.63, 3.8) is 0 Å². The molecule has 0 aromatic heterocycles. The standard InChI is InChI=1S/C6H4BrN3O2/c7-8-5-2-1-4(9-11)3-6(5)10-12/h1-3,8H. The fraction of sp³-hybridized carbons (Fsp3) is 0. The van der Waals surface area contributed by atoms with Gasteiger partial charge in [-0.05, 0) is 28.6 Å². The Morgan fingerprint density at radius 2 is 2.00 bits per heavy atom. The minimum absolute atomic E-state index is 0.143. The number of hydrogen-bond acceptors (Lipinski definition) is 5. The molecule has 0 saturated carbocycles. The third-order valence-corrected chi connectivity index (χ3v) is 1.71. The summed E-state index contributed by atoms with van der Waals surface area (Å²) in [4.78, 5) is 20.2. The lowest BCUT2D eigenvalue weighted by atomic mass is 10.2. The number of nitroso groups, excluding NO2 is 2. The van der Waals surface area contributed by atoms with E-state index in [1.54, 1.807) is 0 Å². The van der Waals surface area contributed by atoms with Crippen LogP contribution < -0.4 is 4.34 Å². The van der Waals surface area contributed by atoms with Crippen LogP contribution in [0.5, 0.6) is 0 Å². The minimum Gasteiger partial charge on any atom is -0.320 e. The summed E-state index contributed by atoms with van der Waals surface area (Å²) in [6.07, 6.45) is 0. The molecule has 0 unspecified atom stereocenters. The molecule has 12 heavy (non-hydrogen) atoms. The van der Waals surface area contributed by atoms with E-state index < -0.39 is 0 Å². The van der Waals surface area contributed by atoms with Gasteiger partial charge in [0, 0.05) is 16.1 Å². The van der Waals surface area contributed by atoms with Crippen molar-refractivity contribution in [2.24, 2.45) is 10.4 Å². The van der Waals surface area contributed by atoms with Gasteiger partial charge in [-0.25, -0.2) is 0 Å². The van der Waals surface area contributed by atoms with Gasteiger partial charge in [-0.1, -0.05) is 0 Å². The van der Waals surface area contributed by atoms with E-state index in [2.05, 4.69) is 30.8 Å². The Balaban J connectivity index is 3.18. The number of nitrogens with zero attached hydrogens (tertiary/aromatic N) is 2. The van der Waals surface area contributed by atoms with Gasteiger partial charge in [0.15, 0.2) is 0 Å². The zero-order valence-electron chi connectivity index (χ0n) is 5.82. The molecule has 0 spiro atoms. The maximum Gasteiger partial charge on any atom is 0.134 e. The quantitative estimate of drug-likeness (QED) is 0.640. The average molecular weight is 230 g/mol. The first kappa shape index (κ1) is 8.79. The summed E-state index contributed by atoms with van der Waals surface area (Å²) in [6.45, 7) is 0. The van der Waals surface area contributed by atoms with Gasteiger partial charge in [-0.2, -0.15) is 0 Å². The lowest BCUT2D eigenvalue weighted by Crippen LogP contribution is -1.78. The van der Waals surface area contributed by atoms with Gasteiger partial charge in [-0.3, -0.25) is 0 Å². The van der Waals surface area contributed by atoms with Crippen LogP contribution in [0.3, 0.4) is 0 Å². The number of anilines is 1. The van der Waals surface area contributed by atoms with Gasteiger partial charge < -0.3 is 4.34 Å². The van der Waals surface area contributed by atoms with E-state index in [4.69, 9.17) is 0 Å². The molecule has 0 amide bonds. The van der Waals surface area contributed by atoms with Crippen molar-refractivity contribution in [3.05, 3.63) is 28.0 Å². The van der Waals surface area contributed by atoms with Crippen LogP contribution in [0.2, 0.25) is 0 Å². The molecule has 0 radical (unpaired) electrons. The predicted molar refractivity (Wildman–Crippen MR) is 49.9 cm³/mol. The third-order valence-electron chi connectivity index (χ3n) is 1.29. The van der Waals surface area contributed by atoms with Crippen molar-refractivity contribution in [2.45, 2.75) is 0 Å². The van der Waals surface area contributed by atoms with E-state index in [1.165, 1.54) is 18.2 Å². The molecule has 0 heterocycles. The molecule has 0 saturated heterocycles. The molecule has 0 aliphatic heterocycles. The van der Waals surface area contributed by atoms with Crippen LogP contribution in [0.15, 0.2) is 28.6 Å². The minimum atomic E-state index is 0.143. The summed E-state index contributed by atoms with van der Waals surface area (Å²) in [5.41, 5.74) is 0.817. The molecule has 0 atom stereocenters. The van der Waals surface area contributed by atoms with E-state index >= 15 is 0 Å². The van der Waals surface area contributed by atoms with Crippen molar-refractivity contribution in [2.75, 3.05) is 4.34 Å². The summed E-state index contributed by atoms with van der Waals surface area (Å²) in [6, 6.07) is 4.30. The summed E-state index contributed by atoms with van der Waals surface area (Å²) >= 11 is 2.94. The molecular formula is C6H4BrN3O2. The zero-order chi connectivity index (χ0) is 8.97. The molecule has 0 aliphatic rings. The van der Waals surface area contributed by atoms with Gasteiger partial charge in [0.1, 0.15) is 11.4 Å². The molecule has 1 N–H and O–H groups in total. The smallest absolute Gasteiger partial charge is 0.134 e. The molecule has 6 heteroatoms. The topological polar surface area (TPSA) is 70.9 Å². The highest BCUT2D eigenvalue weighted by Gasteiger charge is 2.02. The van der Waals surface area contributed by atoms with Crippen molar-refractivity contribution in [3.8, 4) is 0 Å². The molecule has 0 bridgehead atoms. The first-order chi connectivity index (χ1) is 5.81. The summed E-state index contributed by atoms with van der Waals surface area (Å²) in [5, 5.41) is 5.37.